The third-order valence-electron chi connectivity index (χ3n) is 2.88. The average molecular weight is 316 g/mol. The molecule has 2 aromatic heterocycles. The minimum absolute atomic E-state index is 0.286. The quantitative estimate of drug-likeness (QED) is 0.758. The smallest absolute Gasteiger partial charge is 0.409 e. The number of anilines is 1. The molecule has 3 rings (SSSR count). The van der Waals surface area contributed by atoms with Gasteiger partial charge in [-0.1, -0.05) is 11.6 Å². The van der Waals surface area contributed by atoms with E-state index in [9.17, 15) is 4.79 Å². The van der Waals surface area contributed by atoms with Crippen molar-refractivity contribution >= 4 is 34.3 Å². The molecule has 1 aromatic carbocycles. The van der Waals surface area contributed by atoms with Crippen molar-refractivity contribution in [2.75, 3.05) is 5.32 Å². The molecule has 0 spiro atoms. The summed E-state index contributed by atoms with van der Waals surface area (Å²) in [7, 11) is 0. The predicted molar refractivity (Wildman–Crippen MR) is 82.7 cm³/mol. The van der Waals surface area contributed by atoms with Crippen LogP contribution in [-0.4, -0.2) is 21.2 Å². The van der Waals surface area contributed by atoms with Gasteiger partial charge in [0, 0.05) is 16.6 Å². The van der Waals surface area contributed by atoms with Crippen LogP contribution in [0.5, 0.6) is 11.6 Å². The van der Waals surface area contributed by atoms with Gasteiger partial charge < -0.3 is 9.84 Å². The fourth-order valence-electron chi connectivity index (χ4n) is 1.95. The van der Waals surface area contributed by atoms with Crippen molar-refractivity contribution in [3.63, 3.8) is 0 Å². The van der Waals surface area contributed by atoms with Gasteiger partial charge in [-0.3, -0.25) is 10.3 Å². The Bertz CT molecular complexity index is 837. The van der Waals surface area contributed by atoms with Crippen LogP contribution < -0.4 is 10.1 Å². The van der Waals surface area contributed by atoms with Crippen LogP contribution in [0, 0.1) is 0 Å². The van der Waals surface area contributed by atoms with E-state index in [1.165, 1.54) is 6.20 Å². The van der Waals surface area contributed by atoms with Gasteiger partial charge >= 0.3 is 6.09 Å². The van der Waals surface area contributed by atoms with Crippen LogP contribution in [0.15, 0.2) is 48.8 Å². The first-order valence-electron chi connectivity index (χ1n) is 6.30. The summed E-state index contributed by atoms with van der Waals surface area (Å²) in [5.74, 6) is 0.844. The molecular formula is C15H10ClN3O3. The zero-order valence-electron chi connectivity index (χ0n) is 11.2. The average Bonchev–Trinajstić information content (AvgIpc) is 2.51. The second-order valence-corrected chi connectivity index (χ2v) is 4.80. The third-order valence-corrected chi connectivity index (χ3v) is 3.13. The summed E-state index contributed by atoms with van der Waals surface area (Å²) in [4.78, 5) is 19.2. The maximum absolute atomic E-state index is 10.8. The van der Waals surface area contributed by atoms with Gasteiger partial charge in [0.25, 0.3) is 0 Å². The molecule has 2 N–H and O–H groups in total. The van der Waals surface area contributed by atoms with E-state index in [4.69, 9.17) is 21.4 Å². The molecule has 6 nitrogen and oxygen atoms in total. The van der Waals surface area contributed by atoms with Crippen molar-refractivity contribution in [2.24, 2.45) is 0 Å². The third kappa shape index (κ3) is 2.91. The Morgan fingerprint density at radius 2 is 1.95 bits per heavy atom. The molecule has 3 aromatic rings. The number of carboxylic acid groups (broad SMARTS) is 1. The van der Waals surface area contributed by atoms with Crippen molar-refractivity contribution in [2.45, 2.75) is 0 Å². The lowest BCUT2D eigenvalue weighted by Crippen LogP contribution is -2.08. The minimum Gasteiger partial charge on any atom is -0.465 e. The molecule has 0 atom stereocenters. The molecule has 110 valence electrons. The Hall–Kier alpha value is -2.86. The van der Waals surface area contributed by atoms with Gasteiger partial charge in [-0.15, -0.1) is 0 Å². The maximum atomic E-state index is 10.8. The highest BCUT2D eigenvalue weighted by Gasteiger charge is 2.12. The lowest BCUT2D eigenvalue weighted by atomic mass is 10.2. The number of fused-ring (bicyclic) bond motifs is 1. The number of benzene rings is 1. The van der Waals surface area contributed by atoms with Crippen LogP contribution in [0.2, 0.25) is 5.02 Å². The molecular weight excluding hydrogens is 306 g/mol. The van der Waals surface area contributed by atoms with Crippen LogP contribution in [0.4, 0.5) is 10.5 Å². The molecule has 7 heteroatoms. The molecule has 0 bridgehead atoms. The molecule has 0 unspecified atom stereocenters. The van der Waals surface area contributed by atoms with Crippen molar-refractivity contribution in [3.05, 3.63) is 53.8 Å². The topological polar surface area (TPSA) is 84.3 Å². The van der Waals surface area contributed by atoms with Crippen LogP contribution in [-0.2, 0) is 0 Å². The highest BCUT2D eigenvalue weighted by Crippen LogP contribution is 2.30. The summed E-state index contributed by atoms with van der Waals surface area (Å²) in [5, 5.41) is 12.3. The van der Waals surface area contributed by atoms with Crippen LogP contribution in [0.1, 0.15) is 0 Å². The SMILES string of the molecule is O=C(O)Nc1cnc(Oc2ccc(Cl)cc2)c2ncccc12. The highest BCUT2D eigenvalue weighted by atomic mass is 35.5. The molecule has 1 amide bonds. The first-order valence-corrected chi connectivity index (χ1v) is 6.68. The summed E-state index contributed by atoms with van der Waals surface area (Å²) in [6.07, 6.45) is 1.81. The number of hydrogen-bond acceptors (Lipinski definition) is 4. The van der Waals surface area contributed by atoms with Gasteiger partial charge in [0.1, 0.15) is 11.3 Å². The molecule has 0 aliphatic carbocycles. The molecule has 0 fully saturated rings. The van der Waals surface area contributed by atoms with Gasteiger partial charge in [-0.05, 0) is 36.4 Å². The molecule has 0 aliphatic heterocycles. The van der Waals surface area contributed by atoms with E-state index in [1.807, 2.05) is 0 Å². The zero-order valence-corrected chi connectivity index (χ0v) is 11.9. The second kappa shape index (κ2) is 5.87. The summed E-state index contributed by atoms with van der Waals surface area (Å²) in [6.45, 7) is 0. The van der Waals surface area contributed by atoms with Crippen molar-refractivity contribution in [1.82, 2.24) is 9.97 Å². The number of halogens is 1. The van der Waals surface area contributed by atoms with Crippen LogP contribution in [0.25, 0.3) is 10.9 Å². The predicted octanol–water partition coefficient (Wildman–Crippen LogP) is 4.17. The van der Waals surface area contributed by atoms with Gasteiger partial charge in [0.15, 0.2) is 0 Å². The molecule has 0 saturated carbocycles. The molecule has 2 heterocycles. The normalized spacial score (nSPS) is 10.4. The number of ether oxygens (including phenoxy) is 1. The summed E-state index contributed by atoms with van der Waals surface area (Å²) in [6, 6.07) is 10.3. The van der Waals surface area contributed by atoms with E-state index in [1.54, 1.807) is 42.6 Å². The number of amides is 1. The second-order valence-electron chi connectivity index (χ2n) is 4.36. The van der Waals surface area contributed by atoms with E-state index in [0.717, 1.165) is 0 Å². The lowest BCUT2D eigenvalue weighted by molar-refractivity contribution is 0.210. The van der Waals surface area contributed by atoms with Gasteiger partial charge in [0.05, 0.1) is 11.9 Å². The van der Waals surface area contributed by atoms with Crippen molar-refractivity contribution < 1.29 is 14.6 Å². The maximum Gasteiger partial charge on any atom is 0.409 e. The van der Waals surface area contributed by atoms with Gasteiger partial charge in [-0.25, -0.2) is 9.78 Å². The Morgan fingerprint density at radius 1 is 1.18 bits per heavy atom. The summed E-state index contributed by atoms with van der Waals surface area (Å²) in [5.41, 5.74) is 0.808. The number of pyridine rings is 2. The summed E-state index contributed by atoms with van der Waals surface area (Å²) < 4.78 is 5.70. The van der Waals surface area contributed by atoms with Gasteiger partial charge in [0.2, 0.25) is 5.88 Å². The number of nitrogens with one attached hydrogen (secondary N) is 1. The van der Waals surface area contributed by atoms with Crippen molar-refractivity contribution in [1.29, 1.82) is 0 Å². The number of carbonyl (C=O) groups is 1. The van der Waals surface area contributed by atoms with E-state index in [-0.39, 0.29) is 5.88 Å². The van der Waals surface area contributed by atoms with E-state index in [0.29, 0.717) is 27.4 Å². The van der Waals surface area contributed by atoms with E-state index in [2.05, 4.69) is 15.3 Å². The Morgan fingerprint density at radius 3 is 2.68 bits per heavy atom. The fraction of sp³-hybridized carbons (Fsp3) is 0. The fourth-order valence-corrected chi connectivity index (χ4v) is 2.08. The number of aromatic nitrogens is 2. The number of rotatable bonds is 3. The monoisotopic (exact) mass is 315 g/mol. The Kier molecular flexibility index (Phi) is 3.76. The lowest BCUT2D eigenvalue weighted by Gasteiger charge is -2.10. The first kappa shape index (κ1) is 14.1. The number of nitrogens with zero attached hydrogens (tertiary/aromatic N) is 2. The Labute approximate surface area is 130 Å². The van der Waals surface area contributed by atoms with E-state index >= 15 is 0 Å². The van der Waals surface area contributed by atoms with Gasteiger partial charge in [-0.2, -0.15) is 0 Å². The van der Waals surface area contributed by atoms with Crippen LogP contribution in [0.3, 0.4) is 0 Å². The standard InChI is InChI=1S/C15H10ClN3O3/c16-9-3-5-10(6-4-9)22-14-13-11(2-1-7-17-13)12(8-18-14)19-15(20)21/h1-8,19H,(H,20,21). The van der Waals surface area contributed by atoms with Crippen LogP contribution >= 0.6 is 11.6 Å². The zero-order chi connectivity index (χ0) is 15.5. The first-order chi connectivity index (χ1) is 10.6. The highest BCUT2D eigenvalue weighted by molar-refractivity contribution is 6.30. The van der Waals surface area contributed by atoms with Crippen molar-refractivity contribution in [3.8, 4) is 11.6 Å². The molecule has 22 heavy (non-hydrogen) atoms. The minimum atomic E-state index is -1.17. The Balaban J connectivity index is 2.03. The molecule has 0 aliphatic rings. The van der Waals surface area contributed by atoms with E-state index < -0.39 is 6.09 Å². The number of hydrogen-bond donors (Lipinski definition) is 2. The summed E-state index contributed by atoms with van der Waals surface area (Å²) >= 11 is 5.83. The molecule has 0 saturated heterocycles. The molecule has 0 radical (unpaired) electrons. The largest absolute Gasteiger partial charge is 0.465 e.